The molecule has 0 spiro atoms. The molecule has 6 rings (SSSR count). The molecule has 1 aliphatic carbocycles. The molecule has 3 N–H and O–H groups in total. The van der Waals surface area contributed by atoms with Crippen LogP contribution in [0.2, 0.25) is 0 Å². The Balaban J connectivity index is 1.54. The summed E-state index contributed by atoms with van der Waals surface area (Å²) in [5, 5.41) is 18.0. The first kappa shape index (κ1) is 28.8. The zero-order chi connectivity index (χ0) is 30.6. The number of aliphatic hydroxyl groups excluding tert-OH is 1. The number of allylic oxidation sites excluding steroid dienone is 12. The van der Waals surface area contributed by atoms with Gasteiger partial charge in [-0.15, -0.1) is 0 Å². The highest BCUT2D eigenvalue weighted by molar-refractivity contribution is 6.21. The van der Waals surface area contributed by atoms with E-state index in [2.05, 4.69) is 70.1 Å². The predicted molar refractivity (Wildman–Crippen MR) is 175 cm³/mol. The summed E-state index contributed by atoms with van der Waals surface area (Å²) < 4.78 is 0. The fraction of sp³-hybridized carbons (Fsp3) is 0.389. The number of aliphatic hydroxyl groups is 1. The maximum absolute atomic E-state index is 12.7. The van der Waals surface area contributed by atoms with E-state index in [1.165, 1.54) is 5.57 Å². The molecule has 0 aromatic rings. The molecule has 7 heteroatoms. The molecular weight excluding hydrogens is 534 g/mol. The van der Waals surface area contributed by atoms with Crippen LogP contribution in [0.25, 0.3) is 0 Å². The zero-order valence-electron chi connectivity index (χ0n) is 26.1. The lowest BCUT2D eigenvalue weighted by Gasteiger charge is -2.18. The Morgan fingerprint density at radius 2 is 1.81 bits per heavy atom. The van der Waals surface area contributed by atoms with Crippen LogP contribution in [-0.4, -0.2) is 34.7 Å². The second-order valence-electron chi connectivity index (χ2n) is 12.1. The minimum Gasteiger partial charge on any atom is -0.511 e. The summed E-state index contributed by atoms with van der Waals surface area (Å²) in [6.07, 6.45) is 11.5. The predicted octanol–water partition coefficient (Wildman–Crippen LogP) is 7.15. The Kier molecular flexibility index (Phi) is 7.45. The van der Waals surface area contributed by atoms with E-state index in [-0.39, 0.29) is 17.7 Å². The smallest absolute Gasteiger partial charge is 0.220 e. The van der Waals surface area contributed by atoms with E-state index >= 15 is 0 Å². The normalized spacial score (nSPS) is 24.3. The summed E-state index contributed by atoms with van der Waals surface area (Å²) in [6, 6.07) is 0. The molecule has 0 saturated carbocycles. The highest BCUT2D eigenvalue weighted by Crippen LogP contribution is 2.46. The lowest BCUT2D eigenvalue weighted by Crippen LogP contribution is -2.25. The average molecular weight is 576 g/mol. The van der Waals surface area contributed by atoms with Gasteiger partial charge >= 0.3 is 0 Å². The maximum atomic E-state index is 12.7. The molecule has 0 radical (unpaired) electrons. The van der Waals surface area contributed by atoms with Gasteiger partial charge < -0.3 is 15.7 Å². The minimum atomic E-state index is 0.0703. The Labute approximate surface area is 254 Å². The van der Waals surface area contributed by atoms with Crippen molar-refractivity contribution in [2.75, 3.05) is 6.54 Å². The molecule has 8 bridgehead atoms. The maximum Gasteiger partial charge on any atom is 0.220 e. The number of rotatable bonds is 7. The van der Waals surface area contributed by atoms with Gasteiger partial charge in [0, 0.05) is 59.3 Å². The number of nitrogens with one attached hydrogen (secondary N) is 2. The molecule has 43 heavy (non-hydrogen) atoms. The molecule has 1 fully saturated rings. The molecule has 0 aromatic carbocycles. The van der Waals surface area contributed by atoms with Crippen LogP contribution in [0.5, 0.6) is 0 Å². The van der Waals surface area contributed by atoms with Gasteiger partial charge in [-0.25, -0.2) is 15.0 Å². The van der Waals surface area contributed by atoms with Crippen LogP contribution in [0.15, 0.2) is 119 Å². The number of aliphatic imine (C=N–C) groups is 3. The fourth-order valence-corrected chi connectivity index (χ4v) is 7.02. The monoisotopic (exact) mass is 575 g/mol. The first-order chi connectivity index (χ1) is 20.7. The van der Waals surface area contributed by atoms with Gasteiger partial charge in [0.05, 0.1) is 34.2 Å². The number of carbonyl (C=O) groups excluding carboxylic acids is 1. The lowest BCUT2D eigenvalue weighted by molar-refractivity contribution is -0.121. The number of amides is 1. The van der Waals surface area contributed by atoms with Crippen LogP contribution in [0.3, 0.4) is 0 Å². The second-order valence-corrected chi connectivity index (χ2v) is 12.1. The molecule has 0 unspecified atom stereocenters. The van der Waals surface area contributed by atoms with E-state index in [1.54, 1.807) is 0 Å². The van der Waals surface area contributed by atoms with Crippen LogP contribution in [-0.2, 0) is 4.79 Å². The van der Waals surface area contributed by atoms with Gasteiger partial charge in [-0.1, -0.05) is 33.4 Å². The molecule has 1 saturated heterocycles. The summed E-state index contributed by atoms with van der Waals surface area (Å²) in [7, 11) is 0. The largest absolute Gasteiger partial charge is 0.511 e. The quantitative estimate of drug-likeness (QED) is 0.301. The van der Waals surface area contributed by atoms with Crippen molar-refractivity contribution >= 4 is 23.0 Å². The van der Waals surface area contributed by atoms with Crippen LogP contribution in [0, 0.1) is 11.8 Å². The summed E-state index contributed by atoms with van der Waals surface area (Å²) in [6.45, 7) is 17.4. The van der Waals surface area contributed by atoms with Gasteiger partial charge in [-0.2, -0.15) is 0 Å². The van der Waals surface area contributed by atoms with Gasteiger partial charge in [0.2, 0.25) is 5.91 Å². The number of carbonyl (C=O) groups is 1. The van der Waals surface area contributed by atoms with E-state index in [9.17, 15) is 9.90 Å². The molecule has 0 aromatic heterocycles. The van der Waals surface area contributed by atoms with Crippen LogP contribution in [0.1, 0.15) is 73.6 Å². The van der Waals surface area contributed by atoms with E-state index in [0.29, 0.717) is 31.6 Å². The van der Waals surface area contributed by atoms with Crippen molar-refractivity contribution in [3.05, 3.63) is 104 Å². The van der Waals surface area contributed by atoms with Gasteiger partial charge in [-0.3, -0.25) is 4.79 Å². The number of nitrogens with zero attached hydrogens (tertiary/aromatic N) is 3. The van der Waals surface area contributed by atoms with Crippen molar-refractivity contribution in [1.29, 1.82) is 0 Å². The molecule has 1 amide bonds. The van der Waals surface area contributed by atoms with Gasteiger partial charge in [0.25, 0.3) is 0 Å². The van der Waals surface area contributed by atoms with E-state index in [1.807, 2.05) is 13.0 Å². The highest BCUT2D eigenvalue weighted by atomic mass is 16.3. The van der Waals surface area contributed by atoms with Crippen LogP contribution >= 0.6 is 0 Å². The third-order valence-electron chi connectivity index (χ3n) is 9.56. The summed E-state index contributed by atoms with van der Waals surface area (Å²) in [4.78, 5) is 27.9. The topological polar surface area (TPSA) is 98.4 Å². The Hall–Kier alpha value is -4.26. The number of hydrogen-bond acceptors (Lipinski definition) is 6. The SMILES string of the molecule is C=CC1=C(C)C2=NC1=CC1=NC(=CC3=C(C)C4=C(O)CC(=C5NC(=C2)[C@@H](C)[C@@H]5CCC(=O)NCCC)C4=N3)C(CC)=C1C. The summed E-state index contributed by atoms with van der Waals surface area (Å²) in [5.74, 6) is 0.609. The Morgan fingerprint density at radius 1 is 1.07 bits per heavy atom. The molecular formula is C36H41N5O2. The number of hydrogen-bond donors (Lipinski definition) is 3. The minimum absolute atomic E-state index is 0.0703. The van der Waals surface area contributed by atoms with Gasteiger partial charge in [0.15, 0.2) is 0 Å². The van der Waals surface area contributed by atoms with Crippen molar-refractivity contribution in [2.24, 2.45) is 26.8 Å². The van der Waals surface area contributed by atoms with E-state index in [4.69, 9.17) is 15.0 Å². The summed E-state index contributed by atoms with van der Waals surface area (Å²) >= 11 is 0. The lowest BCUT2D eigenvalue weighted by atomic mass is 9.86. The first-order valence-corrected chi connectivity index (χ1v) is 15.5. The molecule has 2 atom stereocenters. The van der Waals surface area contributed by atoms with Crippen molar-refractivity contribution in [3.63, 3.8) is 0 Å². The van der Waals surface area contributed by atoms with Crippen LogP contribution in [0.4, 0.5) is 0 Å². The summed E-state index contributed by atoms with van der Waals surface area (Å²) in [5.41, 5.74) is 14.5. The van der Waals surface area contributed by atoms with E-state index in [0.717, 1.165) is 91.9 Å². The highest BCUT2D eigenvalue weighted by Gasteiger charge is 2.41. The standard InChI is InChI=1S/C36H41N5O2/c1-8-13-37-33(43)12-11-24-20(6)28-15-26-18(4)22(9-2)30(38-26)16-27-19(5)23(10-3)31(39-27)17-29-21(7)34-32(42)14-25(35(24)40-28)36(34)41-29/h9,15-17,20,24,40,42H,2,8,10-14H2,1,3-7H3,(H,37,43)/t20-,24-/m0/s1. The molecule has 6 aliphatic rings. The molecule has 5 aliphatic heterocycles. The van der Waals surface area contributed by atoms with Crippen molar-refractivity contribution in [3.8, 4) is 0 Å². The van der Waals surface area contributed by atoms with E-state index < -0.39 is 0 Å². The van der Waals surface area contributed by atoms with Crippen molar-refractivity contribution in [2.45, 2.75) is 73.6 Å². The van der Waals surface area contributed by atoms with Gasteiger partial charge in [0.1, 0.15) is 5.76 Å². The Bertz CT molecular complexity index is 1710. The van der Waals surface area contributed by atoms with Crippen LogP contribution < -0.4 is 10.6 Å². The van der Waals surface area contributed by atoms with Gasteiger partial charge in [-0.05, 0) is 80.6 Å². The first-order valence-electron chi connectivity index (χ1n) is 15.5. The average Bonchev–Trinajstić information content (AvgIpc) is 3.73. The molecule has 7 nitrogen and oxygen atoms in total. The molecule has 222 valence electrons. The Morgan fingerprint density at radius 3 is 2.53 bits per heavy atom. The third-order valence-corrected chi connectivity index (χ3v) is 9.56. The third kappa shape index (κ3) is 4.75. The zero-order valence-corrected chi connectivity index (χ0v) is 26.1. The number of fused-ring (bicyclic) bond motifs is 5. The van der Waals surface area contributed by atoms with Crippen molar-refractivity contribution < 1.29 is 9.90 Å². The fourth-order valence-electron chi connectivity index (χ4n) is 7.02. The molecule has 5 heterocycles. The second kappa shape index (κ2) is 11.1. The van der Waals surface area contributed by atoms with Crippen molar-refractivity contribution in [1.82, 2.24) is 10.6 Å².